The molecule has 3 rings (SSSR count). The zero-order valence-corrected chi connectivity index (χ0v) is 16.3. The van der Waals surface area contributed by atoms with E-state index < -0.39 is 4.92 Å². The molecule has 29 heavy (non-hydrogen) atoms. The van der Waals surface area contributed by atoms with Gasteiger partial charge in [-0.2, -0.15) is 0 Å². The number of rotatable bonds is 8. The molecule has 2 aromatic carbocycles. The van der Waals surface area contributed by atoms with Gasteiger partial charge in [-0.05, 0) is 29.8 Å². The van der Waals surface area contributed by atoms with E-state index in [1.807, 2.05) is 18.2 Å². The molecule has 2 aromatic rings. The SMILES string of the molecule is COCCNc1ccc(C(=O)N(C)Cc2ccc3c(c2)OCCO3)cc1[N+](=O)[O-]. The lowest BCUT2D eigenvalue weighted by Gasteiger charge is -2.21. The highest BCUT2D eigenvalue weighted by atomic mass is 16.6. The molecule has 0 aliphatic carbocycles. The summed E-state index contributed by atoms with van der Waals surface area (Å²) in [6.07, 6.45) is 0. The van der Waals surface area contributed by atoms with Crippen LogP contribution in [0.2, 0.25) is 0 Å². The highest BCUT2D eigenvalue weighted by Crippen LogP contribution is 2.31. The first-order valence-corrected chi connectivity index (χ1v) is 9.15. The summed E-state index contributed by atoms with van der Waals surface area (Å²) in [6, 6.07) is 9.92. The van der Waals surface area contributed by atoms with Crippen molar-refractivity contribution < 1.29 is 23.9 Å². The first-order chi connectivity index (χ1) is 14.0. The van der Waals surface area contributed by atoms with Crippen LogP contribution in [0, 0.1) is 10.1 Å². The van der Waals surface area contributed by atoms with Gasteiger partial charge in [-0.25, -0.2) is 0 Å². The summed E-state index contributed by atoms with van der Waals surface area (Å²) in [5.41, 5.74) is 1.31. The predicted molar refractivity (Wildman–Crippen MR) is 107 cm³/mol. The van der Waals surface area contributed by atoms with Crippen LogP contribution in [-0.4, -0.2) is 56.3 Å². The van der Waals surface area contributed by atoms with Crippen molar-refractivity contribution >= 4 is 17.3 Å². The maximum Gasteiger partial charge on any atom is 0.293 e. The molecule has 0 saturated heterocycles. The van der Waals surface area contributed by atoms with Crippen LogP contribution in [-0.2, 0) is 11.3 Å². The van der Waals surface area contributed by atoms with Crippen LogP contribution in [0.1, 0.15) is 15.9 Å². The van der Waals surface area contributed by atoms with Gasteiger partial charge in [0, 0.05) is 38.9 Å². The summed E-state index contributed by atoms with van der Waals surface area (Å²) in [5, 5.41) is 14.4. The summed E-state index contributed by atoms with van der Waals surface area (Å²) < 4.78 is 16.0. The zero-order chi connectivity index (χ0) is 20.8. The van der Waals surface area contributed by atoms with Gasteiger partial charge in [-0.15, -0.1) is 0 Å². The number of benzene rings is 2. The Bertz CT molecular complexity index is 902. The van der Waals surface area contributed by atoms with Crippen LogP contribution in [0.25, 0.3) is 0 Å². The third-order valence-corrected chi connectivity index (χ3v) is 4.44. The van der Waals surface area contributed by atoms with Crippen LogP contribution in [0.3, 0.4) is 0 Å². The topological polar surface area (TPSA) is 103 Å². The summed E-state index contributed by atoms with van der Waals surface area (Å²) in [5.74, 6) is 1.02. The number of carbonyl (C=O) groups excluding carboxylic acids is 1. The van der Waals surface area contributed by atoms with E-state index in [2.05, 4.69) is 5.32 Å². The van der Waals surface area contributed by atoms with Crippen LogP contribution in [0.4, 0.5) is 11.4 Å². The van der Waals surface area contributed by atoms with Crippen molar-refractivity contribution in [3.05, 3.63) is 57.6 Å². The average Bonchev–Trinajstić information content (AvgIpc) is 2.73. The highest BCUT2D eigenvalue weighted by Gasteiger charge is 2.20. The number of carbonyl (C=O) groups is 1. The van der Waals surface area contributed by atoms with Crippen molar-refractivity contribution in [2.75, 3.05) is 45.8 Å². The minimum Gasteiger partial charge on any atom is -0.486 e. The first-order valence-electron chi connectivity index (χ1n) is 9.15. The minimum atomic E-state index is -0.507. The lowest BCUT2D eigenvalue weighted by molar-refractivity contribution is -0.384. The summed E-state index contributed by atoms with van der Waals surface area (Å²) in [7, 11) is 3.20. The second-order valence-corrected chi connectivity index (χ2v) is 6.55. The van der Waals surface area contributed by atoms with Crippen LogP contribution >= 0.6 is 0 Å². The quantitative estimate of drug-likeness (QED) is 0.412. The van der Waals surface area contributed by atoms with E-state index in [0.29, 0.717) is 50.1 Å². The largest absolute Gasteiger partial charge is 0.486 e. The Kier molecular flexibility index (Phi) is 6.50. The zero-order valence-electron chi connectivity index (χ0n) is 16.3. The van der Waals surface area contributed by atoms with E-state index in [0.717, 1.165) is 5.56 Å². The molecule has 0 radical (unpaired) electrons. The van der Waals surface area contributed by atoms with Gasteiger partial charge in [-0.1, -0.05) is 6.07 Å². The minimum absolute atomic E-state index is 0.153. The Morgan fingerprint density at radius 3 is 2.69 bits per heavy atom. The number of nitrogens with one attached hydrogen (secondary N) is 1. The fraction of sp³-hybridized carbons (Fsp3) is 0.350. The number of amides is 1. The predicted octanol–water partition coefficient (Wildman–Crippen LogP) is 2.70. The molecule has 1 aliphatic rings. The molecule has 154 valence electrons. The lowest BCUT2D eigenvalue weighted by atomic mass is 10.1. The van der Waals surface area contributed by atoms with Gasteiger partial charge in [0.2, 0.25) is 0 Å². The number of ether oxygens (including phenoxy) is 3. The number of fused-ring (bicyclic) bond motifs is 1. The van der Waals surface area contributed by atoms with E-state index in [4.69, 9.17) is 14.2 Å². The van der Waals surface area contributed by atoms with Gasteiger partial charge in [0.25, 0.3) is 11.6 Å². The summed E-state index contributed by atoms with van der Waals surface area (Å²) >= 11 is 0. The van der Waals surface area contributed by atoms with Crippen molar-refractivity contribution in [3.8, 4) is 11.5 Å². The maximum atomic E-state index is 12.8. The molecule has 0 bridgehead atoms. The number of methoxy groups -OCH3 is 1. The lowest BCUT2D eigenvalue weighted by Crippen LogP contribution is -2.26. The fourth-order valence-corrected chi connectivity index (χ4v) is 3.01. The number of hydrogen-bond acceptors (Lipinski definition) is 7. The Labute approximate surface area is 168 Å². The molecule has 0 unspecified atom stereocenters. The van der Waals surface area contributed by atoms with Crippen molar-refractivity contribution in [1.82, 2.24) is 4.90 Å². The second-order valence-electron chi connectivity index (χ2n) is 6.55. The Morgan fingerprint density at radius 1 is 1.21 bits per heavy atom. The molecule has 9 nitrogen and oxygen atoms in total. The number of nitro groups is 1. The molecule has 9 heteroatoms. The highest BCUT2D eigenvalue weighted by molar-refractivity contribution is 5.95. The maximum absolute atomic E-state index is 12.8. The van der Waals surface area contributed by atoms with Crippen LogP contribution in [0.5, 0.6) is 11.5 Å². The van der Waals surface area contributed by atoms with E-state index in [-0.39, 0.29) is 17.2 Å². The molecule has 1 amide bonds. The van der Waals surface area contributed by atoms with Crippen LogP contribution < -0.4 is 14.8 Å². The van der Waals surface area contributed by atoms with E-state index in [1.165, 1.54) is 11.0 Å². The molecule has 1 heterocycles. The average molecular weight is 401 g/mol. The second kappa shape index (κ2) is 9.24. The van der Waals surface area contributed by atoms with Crippen molar-refractivity contribution in [2.45, 2.75) is 6.54 Å². The third kappa shape index (κ3) is 4.94. The van der Waals surface area contributed by atoms with Crippen molar-refractivity contribution in [3.63, 3.8) is 0 Å². The molecule has 1 aliphatic heterocycles. The number of hydrogen-bond donors (Lipinski definition) is 1. The number of nitro benzene ring substituents is 1. The monoisotopic (exact) mass is 401 g/mol. The van der Waals surface area contributed by atoms with Gasteiger partial charge < -0.3 is 24.4 Å². The smallest absolute Gasteiger partial charge is 0.293 e. The van der Waals surface area contributed by atoms with Gasteiger partial charge in [0.1, 0.15) is 18.9 Å². The molecular formula is C20H23N3O6. The van der Waals surface area contributed by atoms with Crippen molar-refractivity contribution in [1.29, 1.82) is 0 Å². The Morgan fingerprint density at radius 2 is 1.97 bits per heavy atom. The summed E-state index contributed by atoms with van der Waals surface area (Å²) in [4.78, 5) is 25.2. The molecule has 0 atom stereocenters. The molecule has 0 fully saturated rings. The standard InChI is InChI=1S/C20H23N3O6/c1-22(13-14-3-6-18-19(11-14)29-10-9-28-18)20(24)15-4-5-16(21-7-8-27-2)17(12-15)23(25)26/h3-6,11-12,21H,7-10,13H2,1-2H3. The normalized spacial score (nSPS) is 12.3. The van der Waals surface area contributed by atoms with Crippen LogP contribution in [0.15, 0.2) is 36.4 Å². The van der Waals surface area contributed by atoms with E-state index in [1.54, 1.807) is 26.3 Å². The van der Waals surface area contributed by atoms with Gasteiger partial charge in [0.15, 0.2) is 11.5 Å². The Balaban J connectivity index is 1.73. The number of anilines is 1. The number of nitrogens with zero attached hydrogens (tertiary/aromatic N) is 2. The first kappa shape index (κ1) is 20.4. The fourth-order valence-electron chi connectivity index (χ4n) is 3.01. The Hall–Kier alpha value is -3.33. The molecule has 1 N–H and O–H groups in total. The van der Waals surface area contributed by atoms with E-state index in [9.17, 15) is 14.9 Å². The van der Waals surface area contributed by atoms with E-state index >= 15 is 0 Å². The molecule has 0 saturated carbocycles. The van der Waals surface area contributed by atoms with Gasteiger partial charge in [0.05, 0.1) is 11.5 Å². The van der Waals surface area contributed by atoms with Gasteiger partial charge in [-0.3, -0.25) is 14.9 Å². The molecule has 0 aromatic heterocycles. The molecule has 0 spiro atoms. The molecular weight excluding hydrogens is 378 g/mol. The van der Waals surface area contributed by atoms with Gasteiger partial charge >= 0.3 is 0 Å². The third-order valence-electron chi connectivity index (χ3n) is 4.44. The summed E-state index contributed by atoms with van der Waals surface area (Å²) in [6.45, 7) is 2.17. The van der Waals surface area contributed by atoms with Crippen molar-refractivity contribution in [2.24, 2.45) is 0 Å².